The smallest absolute Gasteiger partial charge is 0.322 e. The Morgan fingerprint density at radius 2 is 1.73 bits per heavy atom. The number of hydrogen-bond acceptors (Lipinski definition) is 4. The lowest BCUT2D eigenvalue weighted by molar-refractivity contribution is 0.102. The number of fused-ring (bicyclic) bond motifs is 1. The molecule has 1 aromatic heterocycles. The summed E-state index contributed by atoms with van der Waals surface area (Å²) >= 11 is 0. The lowest BCUT2D eigenvalue weighted by Crippen LogP contribution is -2.42. The number of hydrogen-bond donors (Lipinski definition) is 3. The van der Waals surface area contributed by atoms with Crippen molar-refractivity contribution in [3.8, 4) is 0 Å². The van der Waals surface area contributed by atoms with Crippen LogP contribution in [0.15, 0.2) is 52.2 Å². The van der Waals surface area contributed by atoms with Gasteiger partial charge in [-0.1, -0.05) is 19.9 Å². The minimum absolute atomic E-state index is 0.113. The zero-order chi connectivity index (χ0) is 21.5. The molecule has 2 aromatic carbocycles. The normalized spacial score (nSPS) is 20.3. The number of carbonyl (C=O) groups is 1. The molecule has 3 aromatic rings. The van der Waals surface area contributed by atoms with E-state index in [4.69, 9.17) is 0 Å². The summed E-state index contributed by atoms with van der Waals surface area (Å²) in [7, 11) is -3.67. The van der Waals surface area contributed by atoms with Crippen molar-refractivity contribution >= 4 is 32.7 Å². The van der Waals surface area contributed by atoms with Crippen molar-refractivity contribution in [2.75, 3.05) is 18.4 Å². The molecule has 3 N–H and O–H groups in total. The first-order chi connectivity index (χ1) is 14.2. The highest BCUT2D eigenvalue weighted by Crippen LogP contribution is 2.27. The maximum Gasteiger partial charge on any atom is 0.323 e. The first-order valence-corrected chi connectivity index (χ1v) is 11.3. The van der Waals surface area contributed by atoms with Gasteiger partial charge in [-0.2, -0.15) is 4.31 Å². The molecule has 158 valence electrons. The third-order valence-electron chi connectivity index (χ3n) is 5.34. The number of aromatic amines is 2. The fourth-order valence-electron chi connectivity index (χ4n) is 4.06. The van der Waals surface area contributed by atoms with Crippen LogP contribution >= 0.6 is 0 Å². The molecule has 0 saturated carbocycles. The molecule has 30 heavy (non-hydrogen) atoms. The molecular formula is C21H24N4O4S. The Labute approximate surface area is 174 Å². The SMILES string of the molecule is CC1CC(C)CN(S(=O)(=O)c2cccc(C(=O)Nc3ccc4[nH]c(=O)[nH]c4c3)c2)C1. The molecule has 0 aliphatic carbocycles. The van der Waals surface area contributed by atoms with Gasteiger partial charge in [-0.15, -0.1) is 0 Å². The number of nitrogens with one attached hydrogen (secondary N) is 3. The Kier molecular flexibility index (Phi) is 5.25. The van der Waals surface area contributed by atoms with Crippen molar-refractivity contribution in [2.24, 2.45) is 11.8 Å². The van der Waals surface area contributed by atoms with Crippen molar-refractivity contribution in [3.05, 3.63) is 58.5 Å². The molecule has 2 unspecified atom stereocenters. The highest BCUT2D eigenvalue weighted by molar-refractivity contribution is 7.89. The summed E-state index contributed by atoms with van der Waals surface area (Å²) in [5, 5.41) is 2.75. The largest absolute Gasteiger partial charge is 0.323 e. The van der Waals surface area contributed by atoms with Gasteiger partial charge >= 0.3 is 5.69 Å². The van der Waals surface area contributed by atoms with Crippen LogP contribution in [-0.4, -0.2) is 41.7 Å². The molecule has 1 fully saturated rings. The van der Waals surface area contributed by atoms with E-state index in [2.05, 4.69) is 29.1 Å². The van der Waals surface area contributed by atoms with E-state index in [9.17, 15) is 18.0 Å². The lowest BCUT2D eigenvalue weighted by atomic mass is 9.94. The van der Waals surface area contributed by atoms with Crippen LogP contribution in [0, 0.1) is 11.8 Å². The van der Waals surface area contributed by atoms with Gasteiger partial charge in [-0.25, -0.2) is 13.2 Å². The fourth-order valence-corrected chi connectivity index (χ4v) is 5.79. The number of piperidine rings is 1. The standard InChI is InChI=1S/C21H24N4O4S/c1-13-8-14(2)12-25(11-13)30(28,29)17-5-3-4-15(9-17)20(26)22-16-6-7-18-19(10-16)24-21(27)23-18/h3-7,9-10,13-14H,8,11-12H2,1-2H3,(H,22,26)(H2,23,24,27). The first-order valence-electron chi connectivity index (χ1n) is 9.86. The Hall–Kier alpha value is -2.91. The summed E-state index contributed by atoms with van der Waals surface area (Å²) in [5.74, 6) is 0.166. The average Bonchev–Trinajstić information content (AvgIpc) is 3.06. The monoisotopic (exact) mass is 428 g/mol. The molecule has 2 atom stereocenters. The number of imidazole rings is 1. The number of nitrogens with zero attached hydrogens (tertiary/aromatic N) is 1. The minimum Gasteiger partial charge on any atom is -0.322 e. The van der Waals surface area contributed by atoms with Crippen molar-refractivity contribution in [1.29, 1.82) is 0 Å². The molecule has 1 aliphatic heterocycles. The zero-order valence-electron chi connectivity index (χ0n) is 16.8. The summed E-state index contributed by atoms with van der Waals surface area (Å²) < 4.78 is 27.7. The Morgan fingerprint density at radius 3 is 2.47 bits per heavy atom. The van der Waals surface area contributed by atoms with Crippen LogP contribution in [0.4, 0.5) is 5.69 Å². The van der Waals surface area contributed by atoms with Gasteiger partial charge in [0.05, 0.1) is 15.9 Å². The number of carbonyl (C=O) groups excluding carboxylic acids is 1. The van der Waals surface area contributed by atoms with E-state index < -0.39 is 15.9 Å². The van der Waals surface area contributed by atoms with Crippen LogP contribution in [-0.2, 0) is 10.0 Å². The summed E-state index contributed by atoms with van der Waals surface area (Å²) in [5.41, 5.74) is 1.62. The Morgan fingerprint density at radius 1 is 1.03 bits per heavy atom. The van der Waals surface area contributed by atoms with Crippen LogP contribution in [0.1, 0.15) is 30.6 Å². The van der Waals surface area contributed by atoms with Gasteiger partial charge in [0, 0.05) is 24.3 Å². The number of anilines is 1. The number of H-pyrrole nitrogens is 2. The number of benzene rings is 2. The van der Waals surface area contributed by atoms with E-state index in [0.717, 1.165) is 6.42 Å². The number of rotatable bonds is 4. The second kappa shape index (κ2) is 7.73. The van der Waals surface area contributed by atoms with Gasteiger partial charge in [0.15, 0.2) is 0 Å². The Balaban J connectivity index is 1.57. The van der Waals surface area contributed by atoms with Gasteiger partial charge in [-0.05, 0) is 54.7 Å². The zero-order valence-corrected chi connectivity index (χ0v) is 17.6. The lowest BCUT2D eigenvalue weighted by Gasteiger charge is -2.34. The highest BCUT2D eigenvalue weighted by atomic mass is 32.2. The molecule has 1 saturated heterocycles. The van der Waals surface area contributed by atoms with Crippen LogP contribution < -0.4 is 11.0 Å². The van der Waals surface area contributed by atoms with Gasteiger partial charge in [0.1, 0.15) is 0 Å². The van der Waals surface area contributed by atoms with Crippen LogP contribution in [0.25, 0.3) is 11.0 Å². The maximum absolute atomic E-state index is 13.1. The average molecular weight is 429 g/mol. The van der Waals surface area contributed by atoms with Crippen LogP contribution in [0.5, 0.6) is 0 Å². The first kappa shape index (κ1) is 20.4. The molecule has 9 heteroatoms. The third kappa shape index (κ3) is 4.03. The second-order valence-corrected chi connectivity index (χ2v) is 10.0. The van der Waals surface area contributed by atoms with Gasteiger partial charge in [-0.3, -0.25) is 4.79 Å². The predicted octanol–water partition coefficient (Wildman–Crippen LogP) is 2.78. The van der Waals surface area contributed by atoms with E-state index in [0.29, 0.717) is 41.6 Å². The molecule has 2 heterocycles. The van der Waals surface area contributed by atoms with Gasteiger partial charge in [0.2, 0.25) is 10.0 Å². The molecule has 0 bridgehead atoms. The summed E-state index contributed by atoms with van der Waals surface area (Å²) in [6, 6.07) is 11.1. The van der Waals surface area contributed by atoms with E-state index in [-0.39, 0.29) is 16.1 Å². The number of sulfonamides is 1. The topological polar surface area (TPSA) is 115 Å². The van der Waals surface area contributed by atoms with Crippen molar-refractivity contribution < 1.29 is 13.2 Å². The van der Waals surface area contributed by atoms with Gasteiger partial charge < -0.3 is 15.3 Å². The van der Waals surface area contributed by atoms with Crippen molar-refractivity contribution in [3.63, 3.8) is 0 Å². The summed E-state index contributed by atoms with van der Waals surface area (Å²) in [4.78, 5) is 29.5. The second-order valence-electron chi connectivity index (χ2n) is 8.09. The third-order valence-corrected chi connectivity index (χ3v) is 7.17. The number of amides is 1. The molecule has 4 rings (SSSR count). The van der Waals surface area contributed by atoms with Crippen LogP contribution in [0.3, 0.4) is 0 Å². The molecule has 1 amide bonds. The quantitative estimate of drug-likeness (QED) is 0.593. The molecule has 1 aliphatic rings. The van der Waals surface area contributed by atoms with E-state index in [1.165, 1.54) is 16.4 Å². The maximum atomic E-state index is 13.1. The molecule has 0 spiro atoms. The van der Waals surface area contributed by atoms with Gasteiger partial charge in [0.25, 0.3) is 5.91 Å². The minimum atomic E-state index is -3.67. The predicted molar refractivity (Wildman–Crippen MR) is 115 cm³/mol. The summed E-state index contributed by atoms with van der Waals surface area (Å²) in [6.45, 7) is 5.07. The highest BCUT2D eigenvalue weighted by Gasteiger charge is 2.32. The van der Waals surface area contributed by atoms with E-state index in [1.807, 2.05) is 0 Å². The van der Waals surface area contributed by atoms with Crippen molar-refractivity contribution in [2.45, 2.75) is 25.2 Å². The number of aromatic nitrogens is 2. The summed E-state index contributed by atoms with van der Waals surface area (Å²) in [6.07, 6.45) is 1.01. The van der Waals surface area contributed by atoms with Crippen LogP contribution in [0.2, 0.25) is 0 Å². The van der Waals surface area contributed by atoms with E-state index in [1.54, 1.807) is 30.3 Å². The van der Waals surface area contributed by atoms with E-state index >= 15 is 0 Å². The molecule has 0 radical (unpaired) electrons. The van der Waals surface area contributed by atoms with Crippen molar-refractivity contribution in [1.82, 2.24) is 14.3 Å². The fraction of sp³-hybridized carbons (Fsp3) is 0.333. The molecular weight excluding hydrogens is 404 g/mol. The Bertz CT molecular complexity index is 1250. The molecule has 8 nitrogen and oxygen atoms in total.